The minimum atomic E-state index is 0.785. The summed E-state index contributed by atoms with van der Waals surface area (Å²) in [6, 6.07) is 8.30. The second-order valence-electron chi connectivity index (χ2n) is 4.81. The number of nitrogens with zero attached hydrogens (tertiary/aromatic N) is 2. The number of hydrogen-bond acceptors (Lipinski definition) is 3. The van der Waals surface area contributed by atoms with E-state index in [1.165, 1.54) is 5.56 Å². The zero-order valence-electron chi connectivity index (χ0n) is 12.2. The number of aromatic nitrogens is 2. The van der Waals surface area contributed by atoms with E-state index in [0.717, 1.165) is 46.8 Å². The minimum absolute atomic E-state index is 0.785. The third-order valence-electron chi connectivity index (χ3n) is 3.07. The predicted molar refractivity (Wildman–Crippen MR) is 88.1 cm³/mol. The number of benzene rings is 1. The van der Waals surface area contributed by atoms with Crippen LogP contribution in [-0.2, 0) is 6.42 Å². The second-order valence-corrected chi connectivity index (χ2v) is 5.60. The fourth-order valence-corrected chi connectivity index (χ4v) is 2.60. The van der Waals surface area contributed by atoms with E-state index in [1.54, 1.807) is 0 Å². The lowest BCUT2D eigenvalue weighted by atomic mass is 10.1. The number of aryl methyl sites for hydroxylation is 2. The maximum atomic E-state index is 4.67. The molecule has 0 aliphatic heterocycles. The summed E-state index contributed by atoms with van der Waals surface area (Å²) in [5.41, 5.74) is 3.32. The van der Waals surface area contributed by atoms with Gasteiger partial charge in [-0.3, -0.25) is 0 Å². The molecule has 0 aliphatic rings. The summed E-state index contributed by atoms with van der Waals surface area (Å²) < 4.78 is 0.977. The molecular weight excluding hydrogens is 314 g/mol. The molecule has 0 amide bonds. The fraction of sp³-hybridized carbons (Fsp3) is 0.375. The van der Waals surface area contributed by atoms with E-state index >= 15 is 0 Å². The molecule has 20 heavy (non-hydrogen) atoms. The smallest absolute Gasteiger partial charge is 0.161 e. The average Bonchev–Trinajstić information content (AvgIpc) is 2.46. The van der Waals surface area contributed by atoms with Gasteiger partial charge in [0.1, 0.15) is 5.82 Å². The molecule has 0 bridgehead atoms. The fourth-order valence-electron chi connectivity index (χ4n) is 2.00. The Morgan fingerprint density at radius 3 is 2.65 bits per heavy atom. The Kier molecular flexibility index (Phi) is 5.12. The van der Waals surface area contributed by atoms with E-state index in [-0.39, 0.29) is 0 Å². The third kappa shape index (κ3) is 3.37. The number of rotatable bonds is 5. The maximum absolute atomic E-state index is 4.67. The molecule has 1 heterocycles. The molecule has 106 valence electrons. The van der Waals surface area contributed by atoms with Crippen molar-refractivity contribution in [3.05, 3.63) is 40.0 Å². The molecular formula is C16H20BrN3. The van der Waals surface area contributed by atoms with Crippen LogP contribution >= 0.6 is 15.9 Å². The van der Waals surface area contributed by atoms with Crippen LogP contribution in [0.5, 0.6) is 0 Å². The first-order chi connectivity index (χ1) is 9.65. The Balaban J connectivity index is 2.48. The van der Waals surface area contributed by atoms with Gasteiger partial charge in [0, 0.05) is 12.1 Å². The lowest BCUT2D eigenvalue weighted by molar-refractivity contribution is 0.944. The Labute approximate surface area is 129 Å². The second kappa shape index (κ2) is 6.84. The van der Waals surface area contributed by atoms with Crippen molar-refractivity contribution < 1.29 is 0 Å². The summed E-state index contributed by atoms with van der Waals surface area (Å²) in [5.74, 6) is 1.67. The molecule has 2 aromatic rings. The van der Waals surface area contributed by atoms with Crippen LogP contribution in [0.3, 0.4) is 0 Å². The lowest BCUT2D eigenvalue weighted by Gasteiger charge is -2.12. The summed E-state index contributed by atoms with van der Waals surface area (Å²) in [6.45, 7) is 7.24. The molecule has 4 heteroatoms. The summed E-state index contributed by atoms with van der Waals surface area (Å²) in [5, 5.41) is 3.36. The zero-order chi connectivity index (χ0) is 14.5. The molecule has 0 radical (unpaired) electrons. The monoisotopic (exact) mass is 333 g/mol. The van der Waals surface area contributed by atoms with Crippen molar-refractivity contribution in [2.45, 2.75) is 33.6 Å². The highest BCUT2D eigenvalue weighted by molar-refractivity contribution is 9.10. The SMILES string of the molecule is CCCNc1nc(-c2cccc(C)c2)nc(CC)c1Br. The van der Waals surface area contributed by atoms with Gasteiger partial charge >= 0.3 is 0 Å². The van der Waals surface area contributed by atoms with Gasteiger partial charge in [0.15, 0.2) is 5.82 Å². The van der Waals surface area contributed by atoms with Crippen molar-refractivity contribution in [2.24, 2.45) is 0 Å². The molecule has 0 saturated carbocycles. The molecule has 3 nitrogen and oxygen atoms in total. The van der Waals surface area contributed by atoms with Crippen LogP contribution in [0.25, 0.3) is 11.4 Å². The molecule has 0 fully saturated rings. The van der Waals surface area contributed by atoms with Gasteiger partial charge in [0.2, 0.25) is 0 Å². The summed E-state index contributed by atoms with van der Waals surface area (Å²) in [4.78, 5) is 9.33. The zero-order valence-corrected chi connectivity index (χ0v) is 13.8. The molecule has 0 unspecified atom stereocenters. The van der Waals surface area contributed by atoms with Gasteiger partial charge in [0.05, 0.1) is 10.2 Å². The van der Waals surface area contributed by atoms with Crippen LogP contribution in [0.15, 0.2) is 28.7 Å². The molecule has 0 saturated heterocycles. The normalized spacial score (nSPS) is 10.6. The van der Waals surface area contributed by atoms with E-state index in [2.05, 4.69) is 70.2 Å². The van der Waals surface area contributed by atoms with E-state index in [4.69, 9.17) is 0 Å². The van der Waals surface area contributed by atoms with Gasteiger partial charge in [-0.15, -0.1) is 0 Å². The first-order valence-corrected chi connectivity index (χ1v) is 7.82. The molecule has 1 aromatic carbocycles. The standard InChI is InChI=1S/C16H20BrN3/c1-4-9-18-16-14(17)13(5-2)19-15(20-16)12-8-6-7-11(3)10-12/h6-8,10H,4-5,9H2,1-3H3,(H,18,19,20). The number of halogens is 1. The molecule has 1 aromatic heterocycles. The molecule has 1 N–H and O–H groups in total. The van der Waals surface area contributed by atoms with E-state index in [0.29, 0.717) is 0 Å². The van der Waals surface area contributed by atoms with Crippen molar-refractivity contribution in [2.75, 3.05) is 11.9 Å². The van der Waals surface area contributed by atoms with Gasteiger partial charge in [-0.1, -0.05) is 37.6 Å². The largest absolute Gasteiger partial charge is 0.369 e. The van der Waals surface area contributed by atoms with Crippen LogP contribution in [-0.4, -0.2) is 16.5 Å². The number of anilines is 1. The van der Waals surface area contributed by atoms with Gasteiger partial charge in [0.25, 0.3) is 0 Å². The molecule has 0 atom stereocenters. The highest BCUT2D eigenvalue weighted by Crippen LogP contribution is 2.27. The Bertz CT molecular complexity index is 596. The van der Waals surface area contributed by atoms with Gasteiger partial charge in [-0.25, -0.2) is 9.97 Å². The average molecular weight is 334 g/mol. The van der Waals surface area contributed by atoms with Crippen molar-refractivity contribution >= 4 is 21.7 Å². The quantitative estimate of drug-likeness (QED) is 0.868. The Hall–Kier alpha value is -1.42. The van der Waals surface area contributed by atoms with Gasteiger partial charge in [-0.05, 0) is 41.8 Å². The summed E-state index contributed by atoms with van der Waals surface area (Å²) in [7, 11) is 0. The first kappa shape index (κ1) is 15.0. The van der Waals surface area contributed by atoms with Crippen molar-refractivity contribution in [3.8, 4) is 11.4 Å². The number of hydrogen-bond donors (Lipinski definition) is 1. The van der Waals surface area contributed by atoms with Crippen LogP contribution in [0.1, 0.15) is 31.5 Å². The van der Waals surface area contributed by atoms with Crippen LogP contribution in [0.4, 0.5) is 5.82 Å². The van der Waals surface area contributed by atoms with Crippen LogP contribution in [0, 0.1) is 6.92 Å². The van der Waals surface area contributed by atoms with E-state index < -0.39 is 0 Å². The summed E-state index contributed by atoms with van der Waals surface area (Å²) in [6.07, 6.45) is 1.94. The van der Waals surface area contributed by atoms with Gasteiger partial charge in [-0.2, -0.15) is 0 Å². The first-order valence-electron chi connectivity index (χ1n) is 7.03. The van der Waals surface area contributed by atoms with Crippen LogP contribution in [0.2, 0.25) is 0 Å². The molecule has 0 spiro atoms. The summed E-state index contributed by atoms with van der Waals surface area (Å²) >= 11 is 3.61. The van der Waals surface area contributed by atoms with Crippen molar-refractivity contribution in [3.63, 3.8) is 0 Å². The van der Waals surface area contributed by atoms with Gasteiger partial charge < -0.3 is 5.32 Å². The number of nitrogens with one attached hydrogen (secondary N) is 1. The van der Waals surface area contributed by atoms with E-state index in [9.17, 15) is 0 Å². The minimum Gasteiger partial charge on any atom is -0.369 e. The highest BCUT2D eigenvalue weighted by atomic mass is 79.9. The highest BCUT2D eigenvalue weighted by Gasteiger charge is 2.12. The molecule has 0 aliphatic carbocycles. The van der Waals surface area contributed by atoms with Crippen molar-refractivity contribution in [1.29, 1.82) is 0 Å². The molecule has 2 rings (SSSR count). The van der Waals surface area contributed by atoms with E-state index in [1.807, 2.05) is 6.07 Å². The predicted octanol–water partition coefficient (Wildman–Crippen LogP) is 4.60. The van der Waals surface area contributed by atoms with Crippen molar-refractivity contribution in [1.82, 2.24) is 9.97 Å². The van der Waals surface area contributed by atoms with Crippen LogP contribution < -0.4 is 5.32 Å². The Morgan fingerprint density at radius 2 is 2.00 bits per heavy atom. The lowest BCUT2D eigenvalue weighted by Crippen LogP contribution is -2.07. The topological polar surface area (TPSA) is 37.8 Å². The Morgan fingerprint density at radius 1 is 1.20 bits per heavy atom. The maximum Gasteiger partial charge on any atom is 0.161 e. The third-order valence-corrected chi connectivity index (χ3v) is 3.91.